The van der Waals surface area contributed by atoms with E-state index < -0.39 is 0 Å². The molecule has 2 saturated heterocycles. The van der Waals surface area contributed by atoms with E-state index in [1.807, 2.05) is 0 Å². The van der Waals surface area contributed by atoms with Gasteiger partial charge >= 0.3 is 0 Å². The number of hydrogen-bond donors (Lipinski definition) is 0. The number of nitrogens with zero attached hydrogens (tertiary/aromatic N) is 1. The highest BCUT2D eigenvalue weighted by molar-refractivity contribution is 5.02. The van der Waals surface area contributed by atoms with Crippen molar-refractivity contribution >= 4 is 0 Å². The second-order valence-electron chi connectivity index (χ2n) is 4.86. The Labute approximate surface area is 86.4 Å². The summed E-state index contributed by atoms with van der Waals surface area (Å²) < 4.78 is 11.9. The highest BCUT2D eigenvalue weighted by atomic mass is 16.6. The lowest BCUT2D eigenvalue weighted by molar-refractivity contribution is -0.141. The minimum absolute atomic E-state index is 0.00704. The summed E-state index contributed by atoms with van der Waals surface area (Å²) in [6, 6.07) is 0.422. The summed E-state index contributed by atoms with van der Waals surface area (Å²) in [5, 5.41) is 0. The molecule has 4 unspecified atom stereocenters. The first kappa shape index (κ1) is 10.4. The van der Waals surface area contributed by atoms with Crippen LogP contribution in [-0.2, 0) is 9.47 Å². The Balaban J connectivity index is 2.17. The molecule has 0 radical (unpaired) electrons. The van der Waals surface area contributed by atoms with E-state index >= 15 is 0 Å². The summed E-state index contributed by atoms with van der Waals surface area (Å²) in [4.78, 5) is 2.26. The molecule has 0 saturated carbocycles. The molecule has 0 aromatic heterocycles. The van der Waals surface area contributed by atoms with Gasteiger partial charge in [0, 0.05) is 6.42 Å². The molecular formula is C11H21NO2. The molecule has 3 nitrogen and oxygen atoms in total. The highest BCUT2D eigenvalue weighted by Crippen LogP contribution is 2.39. The Morgan fingerprint density at radius 2 is 2.21 bits per heavy atom. The number of rotatable bonds is 1. The smallest absolute Gasteiger partial charge is 0.1000 e. The zero-order valence-corrected chi connectivity index (χ0v) is 9.62. The fraction of sp³-hybridized carbons (Fsp3) is 1.00. The Hall–Kier alpha value is -0.120. The minimum atomic E-state index is 0.00704. The second-order valence-corrected chi connectivity index (χ2v) is 4.86. The van der Waals surface area contributed by atoms with Crippen molar-refractivity contribution in [3.63, 3.8) is 0 Å². The van der Waals surface area contributed by atoms with Crippen LogP contribution in [0, 0.1) is 0 Å². The molecule has 2 aliphatic rings. The monoisotopic (exact) mass is 199 g/mol. The van der Waals surface area contributed by atoms with Gasteiger partial charge in [-0.2, -0.15) is 0 Å². The summed E-state index contributed by atoms with van der Waals surface area (Å²) in [7, 11) is 2.11. The SMILES string of the molecule is CCC1CC2(C)OCN(C)C2C(C)O1. The van der Waals surface area contributed by atoms with Crippen molar-refractivity contribution in [2.45, 2.75) is 57.5 Å². The number of fused-ring (bicyclic) bond motifs is 1. The number of ether oxygens (including phenoxy) is 2. The summed E-state index contributed by atoms with van der Waals surface area (Å²) >= 11 is 0. The Morgan fingerprint density at radius 1 is 1.50 bits per heavy atom. The van der Waals surface area contributed by atoms with Gasteiger partial charge in [-0.25, -0.2) is 0 Å². The van der Waals surface area contributed by atoms with Crippen molar-refractivity contribution in [3.8, 4) is 0 Å². The van der Waals surface area contributed by atoms with Gasteiger partial charge in [0.25, 0.3) is 0 Å². The zero-order valence-electron chi connectivity index (χ0n) is 9.62. The zero-order chi connectivity index (χ0) is 10.3. The van der Waals surface area contributed by atoms with Crippen LogP contribution in [0.2, 0.25) is 0 Å². The first-order valence-corrected chi connectivity index (χ1v) is 5.56. The van der Waals surface area contributed by atoms with E-state index in [9.17, 15) is 0 Å². The van der Waals surface area contributed by atoms with Gasteiger partial charge in [0.2, 0.25) is 0 Å². The predicted molar refractivity (Wildman–Crippen MR) is 55.2 cm³/mol. The average Bonchev–Trinajstić information content (AvgIpc) is 2.42. The molecule has 0 bridgehead atoms. The van der Waals surface area contributed by atoms with Gasteiger partial charge in [0.15, 0.2) is 0 Å². The maximum absolute atomic E-state index is 5.96. The van der Waals surface area contributed by atoms with Gasteiger partial charge in [-0.05, 0) is 27.3 Å². The van der Waals surface area contributed by atoms with Gasteiger partial charge in [-0.1, -0.05) is 6.92 Å². The molecular weight excluding hydrogens is 178 g/mol. The van der Waals surface area contributed by atoms with E-state index in [2.05, 4.69) is 32.7 Å². The Morgan fingerprint density at radius 3 is 2.86 bits per heavy atom. The molecule has 2 rings (SSSR count). The van der Waals surface area contributed by atoms with E-state index in [1.54, 1.807) is 0 Å². The first-order chi connectivity index (χ1) is 6.57. The summed E-state index contributed by atoms with van der Waals surface area (Å²) in [5.41, 5.74) is 0.00704. The summed E-state index contributed by atoms with van der Waals surface area (Å²) in [6.07, 6.45) is 2.77. The molecule has 0 aromatic carbocycles. The van der Waals surface area contributed by atoms with Crippen LogP contribution in [0.15, 0.2) is 0 Å². The maximum Gasteiger partial charge on any atom is 0.1000 e. The molecule has 2 fully saturated rings. The third-order valence-electron chi connectivity index (χ3n) is 3.64. The van der Waals surface area contributed by atoms with Crippen LogP contribution in [0.5, 0.6) is 0 Å². The van der Waals surface area contributed by atoms with E-state index in [1.165, 1.54) is 0 Å². The maximum atomic E-state index is 5.96. The first-order valence-electron chi connectivity index (χ1n) is 5.56. The van der Waals surface area contributed by atoms with E-state index in [0.717, 1.165) is 19.6 Å². The van der Waals surface area contributed by atoms with Crippen molar-refractivity contribution < 1.29 is 9.47 Å². The molecule has 82 valence electrons. The van der Waals surface area contributed by atoms with Gasteiger partial charge < -0.3 is 9.47 Å². The molecule has 3 heteroatoms. The molecule has 4 atom stereocenters. The van der Waals surface area contributed by atoms with Gasteiger partial charge in [-0.3, -0.25) is 4.90 Å². The second kappa shape index (κ2) is 3.47. The third kappa shape index (κ3) is 1.47. The molecule has 2 heterocycles. The molecule has 0 amide bonds. The molecule has 0 aromatic rings. The van der Waals surface area contributed by atoms with E-state index in [-0.39, 0.29) is 11.7 Å². The Bertz CT molecular complexity index is 221. The van der Waals surface area contributed by atoms with Crippen molar-refractivity contribution in [1.82, 2.24) is 4.90 Å². The van der Waals surface area contributed by atoms with Crippen LogP contribution in [0.25, 0.3) is 0 Å². The van der Waals surface area contributed by atoms with E-state index in [4.69, 9.17) is 9.47 Å². The van der Waals surface area contributed by atoms with Crippen molar-refractivity contribution in [2.75, 3.05) is 13.8 Å². The molecule has 0 aliphatic carbocycles. The molecule has 14 heavy (non-hydrogen) atoms. The van der Waals surface area contributed by atoms with Crippen LogP contribution < -0.4 is 0 Å². The van der Waals surface area contributed by atoms with Crippen molar-refractivity contribution in [2.24, 2.45) is 0 Å². The predicted octanol–water partition coefficient (Wildman–Crippen LogP) is 1.62. The minimum Gasteiger partial charge on any atom is -0.373 e. The van der Waals surface area contributed by atoms with Crippen LogP contribution >= 0.6 is 0 Å². The standard InChI is InChI=1S/C11H21NO2/c1-5-9-6-11(3)10(8(2)14-9)12(4)7-13-11/h8-10H,5-7H2,1-4H3. The molecule has 2 aliphatic heterocycles. The van der Waals surface area contributed by atoms with Gasteiger partial charge in [-0.15, -0.1) is 0 Å². The van der Waals surface area contributed by atoms with Crippen LogP contribution in [0.3, 0.4) is 0 Å². The highest BCUT2D eigenvalue weighted by Gasteiger charge is 2.51. The lowest BCUT2D eigenvalue weighted by atomic mass is 9.83. The topological polar surface area (TPSA) is 21.7 Å². The summed E-state index contributed by atoms with van der Waals surface area (Å²) in [6.45, 7) is 7.31. The lowest BCUT2D eigenvalue weighted by Crippen LogP contribution is -2.56. The average molecular weight is 199 g/mol. The molecule has 0 N–H and O–H groups in total. The van der Waals surface area contributed by atoms with Crippen LogP contribution in [-0.4, -0.2) is 42.5 Å². The van der Waals surface area contributed by atoms with Crippen LogP contribution in [0.1, 0.15) is 33.6 Å². The quantitative estimate of drug-likeness (QED) is 0.640. The number of likely N-dealkylation sites (N-methyl/N-ethyl adjacent to an activating group) is 1. The van der Waals surface area contributed by atoms with Gasteiger partial charge in [0.1, 0.15) is 0 Å². The lowest BCUT2D eigenvalue weighted by Gasteiger charge is -2.44. The van der Waals surface area contributed by atoms with E-state index in [0.29, 0.717) is 12.1 Å². The fourth-order valence-corrected chi connectivity index (χ4v) is 3.03. The van der Waals surface area contributed by atoms with Crippen molar-refractivity contribution in [3.05, 3.63) is 0 Å². The normalized spacial score (nSPS) is 49.3. The third-order valence-corrected chi connectivity index (χ3v) is 3.64. The number of hydrogen-bond acceptors (Lipinski definition) is 3. The van der Waals surface area contributed by atoms with Gasteiger partial charge in [0.05, 0.1) is 30.6 Å². The van der Waals surface area contributed by atoms with Crippen LogP contribution in [0.4, 0.5) is 0 Å². The fourth-order valence-electron chi connectivity index (χ4n) is 3.03. The Kier molecular flexibility index (Phi) is 2.58. The molecule has 0 spiro atoms. The summed E-state index contributed by atoms with van der Waals surface area (Å²) in [5.74, 6) is 0. The largest absolute Gasteiger partial charge is 0.373 e. The van der Waals surface area contributed by atoms with Crippen molar-refractivity contribution in [1.29, 1.82) is 0 Å².